The maximum atomic E-state index is 12.8. The van der Waals surface area contributed by atoms with Crippen LogP contribution in [0.25, 0.3) is 0 Å². The second kappa shape index (κ2) is 3.90. The number of carboxylic acid groups (broad SMARTS) is 2. The van der Waals surface area contributed by atoms with Gasteiger partial charge in [0.25, 0.3) is 0 Å². The molecule has 0 saturated carbocycles. The van der Waals surface area contributed by atoms with E-state index < -0.39 is 35.5 Å². The molecule has 0 bridgehead atoms. The van der Waals surface area contributed by atoms with Gasteiger partial charge in [-0.25, -0.2) is 4.79 Å². The molecule has 0 heterocycles. The van der Waals surface area contributed by atoms with Crippen molar-refractivity contribution in [3.63, 3.8) is 0 Å². The number of hydrogen-bond donors (Lipinski definition) is 2. The zero-order valence-corrected chi connectivity index (χ0v) is 8.71. The molecule has 0 amide bonds. The van der Waals surface area contributed by atoms with Gasteiger partial charge in [0.05, 0.1) is 0 Å². The number of carboxylic acids is 2. The Labute approximate surface area is 94.0 Å². The molecule has 0 aliphatic heterocycles. The number of alkyl halides is 3. The van der Waals surface area contributed by atoms with E-state index in [0.29, 0.717) is 6.08 Å². The van der Waals surface area contributed by atoms with E-state index in [4.69, 9.17) is 10.2 Å². The van der Waals surface area contributed by atoms with E-state index >= 15 is 0 Å². The molecule has 2 N–H and O–H groups in total. The second-order valence-corrected chi connectivity index (χ2v) is 3.81. The Hall–Kier alpha value is -1.79. The Morgan fingerprint density at radius 3 is 2.24 bits per heavy atom. The van der Waals surface area contributed by atoms with Gasteiger partial charge in [0.1, 0.15) is 0 Å². The summed E-state index contributed by atoms with van der Waals surface area (Å²) in [5, 5.41) is 17.4. The lowest BCUT2D eigenvalue weighted by Gasteiger charge is -2.31. The van der Waals surface area contributed by atoms with Crippen molar-refractivity contribution in [3.05, 3.63) is 23.3 Å². The van der Waals surface area contributed by atoms with Crippen molar-refractivity contribution in [3.8, 4) is 0 Å². The number of halogens is 3. The average molecular weight is 250 g/mol. The highest BCUT2D eigenvalue weighted by Gasteiger charge is 2.60. The van der Waals surface area contributed by atoms with Crippen LogP contribution in [0.1, 0.15) is 13.3 Å². The lowest BCUT2D eigenvalue weighted by molar-refractivity contribution is -0.217. The first kappa shape index (κ1) is 13.3. The smallest absolute Gasteiger partial charge is 0.408 e. The van der Waals surface area contributed by atoms with Crippen LogP contribution in [0.15, 0.2) is 23.3 Å². The molecule has 0 aromatic rings. The number of allylic oxidation sites excluding steroid dienone is 2. The van der Waals surface area contributed by atoms with Gasteiger partial charge >= 0.3 is 18.1 Å². The summed E-state index contributed by atoms with van der Waals surface area (Å²) in [5.41, 5.74) is -3.75. The highest BCUT2D eigenvalue weighted by atomic mass is 19.4. The number of carbonyl (C=O) groups is 2. The van der Waals surface area contributed by atoms with E-state index in [-0.39, 0.29) is 5.57 Å². The van der Waals surface area contributed by atoms with E-state index in [2.05, 4.69) is 0 Å². The third-order valence-electron chi connectivity index (χ3n) is 2.51. The zero-order valence-electron chi connectivity index (χ0n) is 8.71. The molecule has 1 atom stereocenters. The first-order valence-corrected chi connectivity index (χ1v) is 4.53. The molecule has 4 nitrogen and oxygen atoms in total. The largest absolute Gasteiger partial charge is 0.480 e. The van der Waals surface area contributed by atoms with Gasteiger partial charge in [-0.15, -0.1) is 0 Å². The SMILES string of the molecule is CC1=CC(C(=O)O)(C(F)(F)F)CC(C(=O)O)=C1. The predicted octanol–water partition coefficient (Wildman–Crippen LogP) is 1.98. The minimum absolute atomic E-state index is 0.0339. The molecular formula is C10H9F3O4. The lowest BCUT2D eigenvalue weighted by Crippen LogP contribution is -2.45. The molecule has 1 aliphatic carbocycles. The molecule has 0 fully saturated rings. The van der Waals surface area contributed by atoms with Crippen LogP contribution in [0.4, 0.5) is 13.2 Å². The summed E-state index contributed by atoms with van der Waals surface area (Å²) in [5.74, 6) is -3.65. The van der Waals surface area contributed by atoms with Gasteiger partial charge in [-0.05, 0) is 13.0 Å². The Morgan fingerprint density at radius 1 is 1.35 bits per heavy atom. The van der Waals surface area contributed by atoms with Crippen LogP contribution in [-0.2, 0) is 9.59 Å². The van der Waals surface area contributed by atoms with Crippen molar-refractivity contribution in [1.29, 1.82) is 0 Å². The van der Waals surface area contributed by atoms with Gasteiger partial charge in [0, 0.05) is 12.0 Å². The Kier molecular flexibility index (Phi) is 3.05. The van der Waals surface area contributed by atoms with Gasteiger partial charge < -0.3 is 10.2 Å². The average Bonchev–Trinajstić information content (AvgIpc) is 2.14. The second-order valence-electron chi connectivity index (χ2n) is 3.81. The molecule has 0 spiro atoms. The monoisotopic (exact) mass is 250 g/mol. The van der Waals surface area contributed by atoms with Crippen LogP contribution in [0.2, 0.25) is 0 Å². The molecule has 7 heteroatoms. The lowest BCUT2D eigenvalue weighted by atomic mass is 9.75. The molecule has 1 unspecified atom stereocenters. The highest BCUT2D eigenvalue weighted by molar-refractivity contribution is 5.91. The Balaban J connectivity index is 3.35. The molecule has 1 rings (SSSR count). The topological polar surface area (TPSA) is 74.6 Å². The molecule has 17 heavy (non-hydrogen) atoms. The van der Waals surface area contributed by atoms with Crippen LogP contribution < -0.4 is 0 Å². The zero-order chi connectivity index (χ0) is 13.4. The fraction of sp³-hybridized carbons (Fsp3) is 0.400. The van der Waals surface area contributed by atoms with Crippen molar-refractivity contribution in [1.82, 2.24) is 0 Å². The van der Waals surface area contributed by atoms with Gasteiger partial charge in [0.15, 0.2) is 5.41 Å². The van der Waals surface area contributed by atoms with E-state index in [1.165, 1.54) is 6.92 Å². The minimum atomic E-state index is -5.05. The van der Waals surface area contributed by atoms with Crippen molar-refractivity contribution >= 4 is 11.9 Å². The summed E-state index contributed by atoms with van der Waals surface area (Å²) < 4.78 is 38.4. The van der Waals surface area contributed by atoms with Crippen LogP contribution in [-0.4, -0.2) is 28.3 Å². The summed E-state index contributed by atoms with van der Waals surface area (Å²) in [6, 6.07) is 0. The molecular weight excluding hydrogens is 241 g/mol. The van der Waals surface area contributed by atoms with Crippen molar-refractivity contribution < 1.29 is 33.0 Å². The summed E-state index contributed by atoms with van der Waals surface area (Å²) in [6.07, 6.45) is -4.56. The Morgan fingerprint density at radius 2 is 1.88 bits per heavy atom. The van der Waals surface area contributed by atoms with E-state index in [9.17, 15) is 22.8 Å². The van der Waals surface area contributed by atoms with Crippen LogP contribution >= 0.6 is 0 Å². The fourth-order valence-corrected chi connectivity index (χ4v) is 1.69. The van der Waals surface area contributed by atoms with Gasteiger partial charge in [-0.2, -0.15) is 13.2 Å². The molecule has 1 aliphatic rings. The fourth-order valence-electron chi connectivity index (χ4n) is 1.69. The van der Waals surface area contributed by atoms with Crippen LogP contribution in [0.3, 0.4) is 0 Å². The highest BCUT2D eigenvalue weighted by Crippen LogP contribution is 2.47. The van der Waals surface area contributed by atoms with Gasteiger partial charge in [-0.3, -0.25) is 4.79 Å². The molecule has 94 valence electrons. The quantitative estimate of drug-likeness (QED) is 0.785. The third-order valence-corrected chi connectivity index (χ3v) is 2.51. The summed E-state index contributed by atoms with van der Waals surface area (Å²) >= 11 is 0. The number of hydrogen-bond acceptors (Lipinski definition) is 2. The summed E-state index contributed by atoms with van der Waals surface area (Å²) in [4.78, 5) is 21.5. The van der Waals surface area contributed by atoms with Crippen molar-refractivity contribution in [2.24, 2.45) is 5.41 Å². The maximum absolute atomic E-state index is 12.8. The van der Waals surface area contributed by atoms with Gasteiger partial charge in [0.2, 0.25) is 0 Å². The standard InChI is InChI=1S/C10H9F3O4/c1-5-2-6(7(14)15)4-9(3-5,8(16)17)10(11,12)13/h2-3H,4H2,1H3,(H,14,15)(H,16,17). The molecule has 0 saturated heterocycles. The van der Waals surface area contributed by atoms with Gasteiger partial charge in [-0.1, -0.05) is 11.6 Å². The summed E-state index contributed by atoms with van der Waals surface area (Å²) in [7, 11) is 0. The van der Waals surface area contributed by atoms with Crippen molar-refractivity contribution in [2.45, 2.75) is 19.5 Å². The third kappa shape index (κ3) is 2.17. The number of aliphatic carboxylic acids is 2. The minimum Gasteiger partial charge on any atom is -0.480 e. The molecule has 0 aromatic carbocycles. The van der Waals surface area contributed by atoms with Crippen LogP contribution in [0, 0.1) is 5.41 Å². The van der Waals surface area contributed by atoms with E-state index in [0.717, 1.165) is 6.08 Å². The summed E-state index contributed by atoms with van der Waals surface area (Å²) in [6.45, 7) is 1.23. The number of rotatable bonds is 2. The predicted molar refractivity (Wildman–Crippen MR) is 50.2 cm³/mol. The van der Waals surface area contributed by atoms with Crippen LogP contribution in [0.5, 0.6) is 0 Å². The Bertz CT molecular complexity index is 433. The van der Waals surface area contributed by atoms with E-state index in [1.807, 2.05) is 0 Å². The first-order chi connectivity index (χ1) is 7.60. The van der Waals surface area contributed by atoms with E-state index in [1.54, 1.807) is 0 Å². The molecule has 0 radical (unpaired) electrons. The normalized spacial score (nSPS) is 24.9. The van der Waals surface area contributed by atoms with Crippen molar-refractivity contribution in [2.75, 3.05) is 0 Å². The molecule has 0 aromatic heterocycles. The first-order valence-electron chi connectivity index (χ1n) is 4.53. The maximum Gasteiger partial charge on any atom is 0.408 e.